The van der Waals surface area contributed by atoms with Crippen molar-refractivity contribution in [3.63, 3.8) is 0 Å². The maximum Gasteiger partial charge on any atom is 0.408 e. The van der Waals surface area contributed by atoms with Gasteiger partial charge in [-0.3, -0.25) is 0 Å². The fourth-order valence-electron chi connectivity index (χ4n) is 2.47. The summed E-state index contributed by atoms with van der Waals surface area (Å²) in [5.74, 6) is -0.397. The van der Waals surface area contributed by atoms with Crippen LogP contribution in [0.4, 0.5) is 10.5 Å². The van der Waals surface area contributed by atoms with Crippen molar-refractivity contribution in [2.75, 3.05) is 5.73 Å². The number of rotatable bonds is 5. The van der Waals surface area contributed by atoms with Crippen LogP contribution < -0.4 is 11.1 Å². The fourth-order valence-corrected chi connectivity index (χ4v) is 2.47. The summed E-state index contributed by atoms with van der Waals surface area (Å²) in [5, 5.41) is 11.7. The quantitative estimate of drug-likeness (QED) is 0.712. The molecule has 8 heteroatoms. The number of carboxylic acids is 1. The number of hydrogen-bond donors (Lipinski definition) is 3. The molecule has 1 amide bonds. The van der Waals surface area contributed by atoms with E-state index in [-0.39, 0.29) is 6.42 Å². The molecule has 25 heavy (non-hydrogen) atoms. The van der Waals surface area contributed by atoms with Crippen molar-refractivity contribution < 1.29 is 19.4 Å². The van der Waals surface area contributed by atoms with E-state index < -0.39 is 23.7 Å². The van der Waals surface area contributed by atoms with Crippen LogP contribution in [-0.2, 0) is 23.0 Å². The number of anilines is 1. The zero-order chi connectivity index (χ0) is 18.8. The maximum absolute atomic E-state index is 11.8. The minimum Gasteiger partial charge on any atom is -0.480 e. The van der Waals surface area contributed by atoms with Gasteiger partial charge in [-0.2, -0.15) is 0 Å². The SMILES string of the molecule is Cn1c(CC[C@@H](NC(=O)OC(C)(C)C)C(=O)O)nc2cc(N)ccc21. The summed E-state index contributed by atoms with van der Waals surface area (Å²) in [5.41, 5.74) is 7.36. The highest BCUT2D eigenvalue weighted by Gasteiger charge is 2.24. The number of carbonyl (C=O) groups is 2. The first kappa shape index (κ1) is 18.6. The monoisotopic (exact) mass is 348 g/mol. The summed E-state index contributed by atoms with van der Waals surface area (Å²) in [7, 11) is 1.86. The molecule has 0 radical (unpaired) electrons. The molecule has 2 aromatic rings. The molecular weight excluding hydrogens is 324 g/mol. The van der Waals surface area contributed by atoms with Crippen molar-refractivity contribution in [2.24, 2.45) is 7.05 Å². The molecule has 0 aliphatic heterocycles. The standard InChI is InChI=1S/C17H24N4O4/c1-17(2,3)25-16(24)20-11(15(22)23)6-8-14-19-12-9-10(18)5-7-13(12)21(14)4/h5,7,9,11H,6,8,18H2,1-4H3,(H,20,24)(H,22,23)/t11-/m1/s1. The molecule has 1 aromatic heterocycles. The van der Waals surface area contributed by atoms with Crippen LogP contribution in [0.5, 0.6) is 0 Å². The Morgan fingerprint density at radius 2 is 2.08 bits per heavy atom. The van der Waals surface area contributed by atoms with E-state index in [9.17, 15) is 14.7 Å². The lowest BCUT2D eigenvalue weighted by Gasteiger charge is -2.22. The van der Waals surface area contributed by atoms with Crippen molar-refractivity contribution in [3.05, 3.63) is 24.0 Å². The molecule has 0 saturated heterocycles. The van der Waals surface area contributed by atoms with E-state index in [0.29, 0.717) is 12.1 Å². The molecule has 0 aliphatic rings. The number of nitrogens with one attached hydrogen (secondary N) is 1. The predicted molar refractivity (Wildman–Crippen MR) is 94.2 cm³/mol. The number of carbonyl (C=O) groups excluding carboxylic acids is 1. The lowest BCUT2D eigenvalue weighted by molar-refractivity contribution is -0.139. The molecule has 0 spiro atoms. The summed E-state index contributed by atoms with van der Waals surface area (Å²) in [6.07, 6.45) is -0.170. The van der Waals surface area contributed by atoms with Gasteiger partial charge in [0, 0.05) is 19.2 Å². The number of aliphatic carboxylic acids is 1. The first-order valence-electron chi connectivity index (χ1n) is 8.00. The second-order valence-electron chi connectivity index (χ2n) is 6.91. The normalized spacial score (nSPS) is 12.8. The van der Waals surface area contributed by atoms with E-state index in [1.165, 1.54) is 0 Å². The summed E-state index contributed by atoms with van der Waals surface area (Å²) < 4.78 is 7.00. The van der Waals surface area contributed by atoms with Crippen LogP contribution in [0.2, 0.25) is 0 Å². The number of aryl methyl sites for hydroxylation is 2. The lowest BCUT2D eigenvalue weighted by Crippen LogP contribution is -2.43. The highest BCUT2D eigenvalue weighted by atomic mass is 16.6. The molecule has 0 fully saturated rings. The Morgan fingerprint density at radius 1 is 1.40 bits per heavy atom. The summed E-state index contributed by atoms with van der Waals surface area (Å²) in [6, 6.07) is 4.37. The minimum atomic E-state index is -1.12. The molecule has 8 nitrogen and oxygen atoms in total. The summed E-state index contributed by atoms with van der Waals surface area (Å²) in [4.78, 5) is 27.7. The number of imidazole rings is 1. The molecule has 0 unspecified atom stereocenters. The molecule has 0 saturated carbocycles. The molecule has 1 aromatic carbocycles. The van der Waals surface area contributed by atoms with Crippen LogP contribution in [0.1, 0.15) is 33.0 Å². The Morgan fingerprint density at radius 3 is 2.68 bits per heavy atom. The van der Waals surface area contributed by atoms with Gasteiger partial charge in [0.1, 0.15) is 17.5 Å². The second kappa shape index (κ2) is 7.00. The van der Waals surface area contributed by atoms with E-state index in [1.807, 2.05) is 17.7 Å². The van der Waals surface area contributed by atoms with E-state index >= 15 is 0 Å². The molecule has 4 N–H and O–H groups in total. The average Bonchev–Trinajstić information content (AvgIpc) is 2.77. The largest absolute Gasteiger partial charge is 0.480 e. The van der Waals surface area contributed by atoms with Gasteiger partial charge in [-0.25, -0.2) is 14.6 Å². The highest BCUT2D eigenvalue weighted by molar-refractivity contribution is 5.80. The number of nitrogen functional groups attached to an aromatic ring is 1. The zero-order valence-electron chi connectivity index (χ0n) is 14.9. The number of hydrogen-bond acceptors (Lipinski definition) is 5. The zero-order valence-corrected chi connectivity index (χ0v) is 14.9. The van der Waals surface area contributed by atoms with Crippen molar-refractivity contribution in [3.8, 4) is 0 Å². The van der Waals surface area contributed by atoms with Crippen LogP contribution in [0.3, 0.4) is 0 Å². The van der Waals surface area contributed by atoms with Gasteiger partial charge in [0.05, 0.1) is 11.0 Å². The van der Waals surface area contributed by atoms with Gasteiger partial charge in [-0.05, 0) is 45.4 Å². The maximum atomic E-state index is 11.8. The average molecular weight is 348 g/mol. The predicted octanol–water partition coefficient (Wildman–Crippen LogP) is 2.07. The van der Waals surface area contributed by atoms with E-state index in [2.05, 4.69) is 10.3 Å². The molecule has 0 aliphatic carbocycles. The number of amides is 1. The smallest absolute Gasteiger partial charge is 0.408 e. The number of nitrogens with zero attached hydrogens (tertiary/aromatic N) is 2. The van der Waals surface area contributed by atoms with Crippen molar-refractivity contribution in [1.82, 2.24) is 14.9 Å². The Labute approximate surface area is 146 Å². The number of aromatic nitrogens is 2. The van der Waals surface area contributed by atoms with Crippen LogP contribution in [0.25, 0.3) is 11.0 Å². The van der Waals surface area contributed by atoms with Gasteiger partial charge in [0.2, 0.25) is 0 Å². The van der Waals surface area contributed by atoms with Crippen LogP contribution >= 0.6 is 0 Å². The minimum absolute atomic E-state index is 0.196. The molecule has 0 bridgehead atoms. The van der Waals surface area contributed by atoms with Gasteiger partial charge >= 0.3 is 12.1 Å². The van der Waals surface area contributed by atoms with E-state index in [0.717, 1.165) is 16.9 Å². The lowest BCUT2D eigenvalue weighted by atomic mass is 10.1. The number of alkyl carbamates (subject to hydrolysis) is 1. The Kier molecular flexibility index (Phi) is 5.20. The molecule has 136 valence electrons. The van der Waals surface area contributed by atoms with Crippen molar-refractivity contribution >= 4 is 28.8 Å². The second-order valence-corrected chi connectivity index (χ2v) is 6.91. The third kappa shape index (κ3) is 4.85. The number of benzene rings is 1. The van der Waals surface area contributed by atoms with Gasteiger partial charge < -0.3 is 25.5 Å². The molecule has 2 rings (SSSR count). The molecular formula is C17H24N4O4. The number of nitrogens with two attached hydrogens (primary N) is 1. The Hall–Kier alpha value is -2.77. The van der Waals surface area contributed by atoms with E-state index in [4.69, 9.17) is 10.5 Å². The Balaban J connectivity index is 2.07. The Bertz CT molecular complexity index is 792. The first-order valence-corrected chi connectivity index (χ1v) is 8.00. The molecule has 1 atom stereocenters. The number of ether oxygens (including phenoxy) is 1. The highest BCUT2D eigenvalue weighted by Crippen LogP contribution is 2.19. The number of fused-ring (bicyclic) bond motifs is 1. The van der Waals surface area contributed by atoms with Gasteiger partial charge in [0.15, 0.2) is 0 Å². The number of carboxylic acid groups (broad SMARTS) is 1. The summed E-state index contributed by atoms with van der Waals surface area (Å²) >= 11 is 0. The van der Waals surface area contributed by atoms with Crippen molar-refractivity contribution in [2.45, 2.75) is 45.3 Å². The summed E-state index contributed by atoms with van der Waals surface area (Å²) in [6.45, 7) is 5.15. The van der Waals surface area contributed by atoms with Crippen LogP contribution in [-0.4, -0.2) is 38.4 Å². The fraction of sp³-hybridized carbons (Fsp3) is 0.471. The third-order valence-corrected chi connectivity index (χ3v) is 3.64. The van der Waals surface area contributed by atoms with Crippen molar-refractivity contribution in [1.29, 1.82) is 0 Å². The van der Waals surface area contributed by atoms with E-state index in [1.54, 1.807) is 32.9 Å². The van der Waals surface area contributed by atoms with Gasteiger partial charge in [0.25, 0.3) is 0 Å². The molecule has 1 heterocycles. The first-order chi connectivity index (χ1) is 11.6. The van der Waals surface area contributed by atoms with Gasteiger partial charge in [-0.15, -0.1) is 0 Å². The topological polar surface area (TPSA) is 119 Å². The van der Waals surface area contributed by atoms with Crippen LogP contribution in [0, 0.1) is 0 Å². The van der Waals surface area contributed by atoms with Crippen LogP contribution in [0.15, 0.2) is 18.2 Å². The van der Waals surface area contributed by atoms with Gasteiger partial charge in [-0.1, -0.05) is 0 Å². The third-order valence-electron chi connectivity index (χ3n) is 3.64.